The lowest BCUT2D eigenvalue weighted by atomic mass is 10.0. The maximum atomic E-state index is 13.0. The van der Waals surface area contributed by atoms with E-state index in [-0.39, 0.29) is 31.1 Å². The molecule has 0 heterocycles. The van der Waals surface area contributed by atoms with Gasteiger partial charge < -0.3 is 14.2 Å². The quantitative estimate of drug-likeness (QED) is 0.0261. The SMILES string of the molecule is CCCCCCC/C=C\C/C=C\C/C=C\CCCCCCCCCCCCCCCCC(=O)OCC(COC(=O)CCCCCCCCCCCCC)OC(=O)CCCCCCCCCCCC/C=C\C/C=C\C/C=C\CCCCCCC. The fraction of sp³-hybridized carbons (Fsp3) is 0.805. The van der Waals surface area contributed by atoms with Crippen molar-refractivity contribution in [1.82, 2.24) is 0 Å². The molecule has 0 bridgehead atoms. The van der Waals surface area contributed by atoms with E-state index in [4.69, 9.17) is 14.2 Å². The summed E-state index contributed by atoms with van der Waals surface area (Å²) in [5, 5.41) is 0. The summed E-state index contributed by atoms with van der Waals surface area (Å²) in [5.74, 6) is -0.857. The van der Waals surface area contributed by atoms with Crippen LogP contribution in [0.15, 0.2) is 72.9 Å². The van der Waals surface area contributed by atoms with E-state index in [1.807, 2.05) is 0 Å². The summed E-state index contributed by atoms with van der Waals surface area (Å²) >= 11 is 0. The van der Waals surface area contributed by atoms with E-state index in [0.29, 0.717) is 19.3 Å². The van der Waals surface area contributed by atoms with Crippen molar-refractivity contribution in [2.24, 2.45) is 0 Å². The first kappa shape index (κ1) is 79.8. The molecule has 482 valence electrons. The maximum Gasteiger partial charge on any atom is 0.306 e. The molecule has 0 saturated carbocycles. The van der Waals surface area contributed by atoms with Crippen molar-refractivity contribution in [3.8, 4) is 0 Å². The second kappa shape index (κ2) is 71.3. The number of allylic oxidation sites excluding steroid dienone is 12. The fourth-order valence-corrected chi connectivity index (χ4v) is 10.7. The van der Waals surface area contributed by atoms with Gasteiger partial charge >= 0.3 is 17.9 Å². The van der Waals surface area contributed by atoms with E-state index in [0.717, 1.165) is 83.5 Å². The highest BCUT2D eigenvalue weighted by Gasteiger charge is 2.19. The molecule has 1 atom stereocenters. The van der Waals surface area contributed by atoms with Gasteiger partial charge in [-0.2, -0.15) is 0 Å². The smallest absolute Gasteiger partial charge is 0.306 e. The molecular formula is C77H138O6. The molecular weight excluding hydrogens is 1020 g/mol. The molecule has 0 N–H and O–H groups in total. The number of carbonyl (C=O) groups is 3. The largest absolute Gasteiger partial charge is 0.462 e. The minimum atomic E-state index is -0.777. The average molecular weight is 1160 g/mol. The molecule has 0 fully saturated rings. The number of carbonyl (C=O) groups excluding carboxylic acids is 3. The summed E-state index contributed by atoms with van der Waals surface area (Å²) in [7, 11) is 0. The van der Waals surface area contributed by atoms with Crippen molar-refractivity contribution in [3.63, 3.8) is 0 Å². The molecule has 0 spiro atoms. The molecule has 6 nitrogen and oxygen atoms in total. The van der Waals surface area contributed by atoms with Crippen molar-refractivity contribution in [3.05, 3.63) is 72.9 Å². The van der Waals surface area contributed by atoms with Crippen molar-refractivity contribution >= 4 is 17.9 Å². The monoisotopic (exact) mass is 1160 g/mol. The number of esters is 3. The predicted octanol–water partition coefficient (Wildman–Crippen LogP) is 25.2. The van der Waals surface area contributed by atoms with Crippen molar-refractivity contribution in [2.45, 2.75) is 386 Å². The van der Waals surface area contributed by atoms with Gasteiger partial charge in [0.25, 0.3) is 0 Å². The average Bonchev–Trinajstić information content (AvgIpc) is 3.48. The molecule has 0 radical (unpaired) electrons. The summed E-state index contributed by atoms with van der Waals surface area (Å²) in [6.07, 6.45) is 93.6. The minimum Gasteiger partial charge on any atom is -0.462 e. The normalized spacial score (nSPS) is 12.5. The van der Waals surface area contributed by atoms with Gasteiger partial charge in [-0.05, 0) is 96.3 Å². The molecule has 0 aliphatic carbocycles. The van der Waals surface area contributed by atoms with Gasteiger partial charge in [-0.3, -0.25) is 14.4 Å². The van der Waals surface area contributed by atoms with Crippen LogP contribution in [-0.2, 0) is 28.6 Å². The summed E-state index contributed by atoms with van der Waals surface area (Å²) in [5.41, 5.74) is 0. The van der Waals surface area contributed by atoms with Crippen molar-refractivity contribution in [2.75, 3.05) is 13.2 Å². The number of rotatable bonds is 67. The topological polar surface area (TPSA) is 78.9 Å². The van der Waals surface area contributed by atoms with Crippen LogP contribution >= 0.6 is 0 Å². The third-order valence-electron chi connectivity index (χ3n) is 16.2. The van der Waals surface area contributed by atoms with E-state index in [1.54, 1.807) is 0 Å². The van der Waals surface area contributed by atoms with Gasteiger partial charge in [0.05, 0.1) is 0 Å². The summed E-state index contributed by atoms with van der Waals surface area (Å²) in [4.78, 5) is 38.4. The Morgan fingerprint density at radius 3 is 0.675 bits per heavy atom. The summed E-state index contributed by atoms with van der Waals surface area (Å²) in [6, 6.07) is 0. The van der Waals surface area contributed by atoms with E-state index in [9.17, 15) is 14.4 Å². The second-order valence-corrected chi connectivity index (χ2v) is 24.5. The zero-order chi connectivity index (χ0) is 59.9. The summed E-state index contributed by atoms with van der Waals surface area (Å²) in [6.45, 7) is 6.66. The lowest BCUT2D eigenvalue weighted by Gasteiger charge is -2.18. The third-order valence-corrected chi connectivity index (χ3v) is 16.2. The van der Waals surface area contributed by atoms with Gasteiger partial charge in [-0.25, -0.2) is 0 Å². The fourth-order valence-electron chi connectivity index (χ4n) is 10.7. The van der Waals surface area contributed by atoms with Gasteiger partial charge in [-0.15, -0.1) is 0 Å². The second-order valence-electron chi connectivity index (χ2n) is 24.5. The number of hydrogen-bond donors (Lipinski definition) is 0. The lowest BCUT2D eigenvalue weighted by molar-refractivity contribution is -0.167. The molecule has 0 aliphatic heterocycles. The van der Waals surface area contributed by atoms with Crippen LogP contribution in [0.25, 0.3) is 0 Å². The minimum absolute atomic E-state index is 0.0728. The molecule has 0 amide bonds. The highest BCUT2D eigenvalue weighted by Crippen LogP contribution is 2.18. The van der Waals surface area contributed by atoms with E-state index in [1.165, 1.54) is 257 Å². The number of unbranched alkanes of at least 4 members (excludes halogenated alkanes) is 44. The molecule has 0 aromatic carbocycles. The lowest BCUT2D eigenvalue weighted by Crippen LogP contribution is -2.30. The van der Waals surface area contributed by atoms with Gasteiger partial charge in [0, 0.05) is 19.3 Å². The molecule has 0 saturated heterocycles. The van der Waals surface area contributed by atoms with Crippen LogP contribution in [0.5, 0.6) is 0 Å². The Bertz CT molecular complexity index is 1520. The van der Waals surface area contributed by atoms with Crippen LogP contribution in [0.4, 0.5) is 0 Å². The highest BCUT2D eigenvalue weighted by atomic mass is 16.6. The van der Waals surface area contributed by atoms with Crippen LogP contribution in [0.2, 0.25) is 0 Å². The van der Waals surface area contributed by atoms with E-state index < -0.39 is 6.10 Å². The number of hydrogen-bond acceptors (Lipinski definition) is 6. The van der Waals surface area contributed by atoms with Gasteiger partial charge in [-0.1, -0.05) is 338 Å². The van der Waals surface area contributed by atoms with Gasteiger partial charge in [0.1, 0.15) is 13.2 Å². The Kier molecular flexibility index (Phi) is 68.6. The summed E-state index contributed by atoms with van der Waals surface area (Å²) < 4.78 is 17.0. The van der Waals surface area contributed by atoms with E-state index in [2.05, 4.69) is 93.7 Å². The van der Waals surface area contributed by atoms with Gasteiger partial charge in [0.2, 0.25) is 0 Å². The maximum absolute atomic E-state index is 13.0. The molecule has 6 heteroatoms. The Hall–Kier alpha value is -3.15. The molecule has 0 rings (SSSR count). The molecule has 0 aromatic rings. The standard InChI is InChI=1S/C77H138O6/c1-4-7-10-13-16-19-22-24-26-28-30-32-34-36-37-38-39-41-42-44-46-48-50-52-55-58-61-64-67-70-76(79)82-73-74(72-81-75(78)69-66-63-60-57-54-21-18-15-12-9-6-3)83-77(80)71-68-65-62-59-56-53-51-49-47-45-43-40-35-33-31-29-27-25-23-20-17-14-11-8-5-2/h22-25,28-31,34-36,40,74H,4-21,26-27,32-33,37-39,41-73H2,1-3H3/b24-22-,25-23-,30-28-,31-29-,36-34-,40-35-. The van der Waals surface area contributed by atoms with Crippen LogP contribution < -0.4 is 0 Å². The Morgan fingerprint density at radius 2 is 0.434 bits per heavy atom. The molecule has 0 aliphatic rings. The zero-order valence-corrected chi connectivity index (χ0v) is 55.5. The highest BCUT2D eigenvalue weighted by molar-refractivity contribution is 5.71. The van der Waals surface area contributed by atoms with Crippen LogP contribution in [-0.4, -0.2) is 37.2 Å². The Morgan fingerprint density at radius 1 is 0.241 bits per heavy atom. The molecule has 1 unspecified atom stereocenters. The third kappa shape index (κ3) is 69.5. The first-order valence-electron chi connectivity index (χ1n) is 36.4. The van der Waals surface area contributed by atoms with Crippen LogP contribution in [0.1, 0.15) is 380 Å². The Balaban J connectivity index is 4.20. The van der Waals surface area contributed by atoms with Crippen LogP contribution in [0, 0.1) is 0 Å². The molecule has 0 aromatic heterocycles. The molecule has 83 heavy (non-hydrogen) atoms. The van der Waals surface area contributed by atoms with Crippen molar-refractivity contribution in [1.29, 1.82) is 0 Å². The first-order valence-corrected chi connectivity index (χ1v) is 36.4. The van der Waals surface area contributed by atoms with Crippen LogP contribution in [0.3, 0.4) is 0 Å². The van der Waals surface area contributed by atoms with Gasteiger partial charge in [0.15, 0.2) is 6.10 Å². The number of ether oxygens (including phenoxy) is 3. The van der Waals surface area contributed by atoms with E-state index >= 15 is 0 Å². The first-order chi connectivity index (χ1) is 41.0. The zero-order valence-electron chi connectivity index (χ0n) is 55.5. The Labute approximate surface area is 516 Å². The predicted molar refractivity (Wildman–Crippen MR) is 362 cm³/mol. The van der Waals surface area contributed by atoms with Crippen molar-refractivity contribution < 1.29 is 28.6 Å².